The van der Waals surface area contributed by atoms with Gasteiger partial charge in [0.2, 0.25) is 0 Å². The molecule has 0 bridgehead atoms. The highest BCUT2D eigenvalue weighted by Gasteiger charge is 2.35. The molecule has 1 aromatic carbocycles. The number of hydrogen-bond donors (Lipinski definition) is 2. The fraction of sp³-hybridized carbons (Fsp3) is 0.478. The summed E-state index contributed by atoms with van der Waals surface area (Å²) in [6.45, 7) is 11.4. The van der Waals surface area contributed by atoms with Gasteiger partial charge < -0.3 is 0 Å². The van der Waals surface area contributed by atoms with Gasteiger partial charge in [-0.05, 0) is 75.4 Å². The third-order valence-corrected chi connectivity index (χ3v) is 5.78. The van der Waals surface area contributed by atoms with Gasteiger partial charge in [-0.3, -0.25) is 19.9 Å². The molecule has 0 aliphatic rings. The highest BCUT2D eigenvalue weighted by atomic mass is 16.5. The Labute approximate surface area is 168 Å². The third kappa shape index (κ3) is 5.40. The lowest BCUT2D eigenvalue weighted by atomic mass is 9.74. The van der Waals surface area contributed by atoms with Crippen molar-refractivity contribution in [3.63, 3.8) is 0 Å². The van der Waals surface area contributed by atoms with E-state index in [0.717, 1.165) is 18.4 Å². The van der Waals surface area contributed by atoms with Gasteiger partial charge in [0, 0.05) is 29.5 Å². The van der Waals surface area contributed by atoms with Crippen LogP contribution < -0.4 is 5.48 Å². The van der Waals surface area contributed by atoms with Crippen LogP contribution in [0.25, 0.3) is 0 Å². The van der Waals surface area contributed by atoms with Crippen LogP contribution in [0.1, 0.15) is 62.5 Å². The number of hydrogen-bond acceptors (Lipinski definition) is 4. The fourth-order valence-electron chi connectivity index (χ4n) is 4.00. The van der Waals surface area contributed by atoms with E-state index in [9.17, 15) is 4.79 Å². The second-order valence-electron chi connectivity index (χ2n) is 8.92. The normalized spacial score (nSPS) is 13.4. The highest BCUT2D eigenvalue weighted by Crippen LogP contribution is 2.35. The molecule has 1 aromatic heterocycles. The van der Waals surface area contributed by atoms with Crippen LogP contribution in [0.3, 0.4) is 0 Å². The maximum absolute atomic E-state index is 11.5. The third-order valence-electron chi connectivity index (χ3n) is 5.78. The van der Waals surface area contributed by atoms with Gasteiger partial charge in [0.15, 0.2) is 0 Å². The van der Waals surface area contributed by atoms with E-state index in [1.807, 2.05) is 30.6 Å². The first-order chi connectivity index (χ1) is 13.1. The van der Waals surface area contributed by atoms with Gasteiger partial charge in [-0.25, -0.2) is 5.48 Å². The number of hydroxylamine groups is 1. The molecule has 5 nitrogen and oxygen atoms in total. The SMILES string of the molecule is CC(Cc1ccc(C(=O)NO)cc1)N(C)C(C)(C)CC(C)(C)c1cccnc1. The van der Waals surface area contributed by atoms with Crippen molar-refractivity contribution >= 4 is 5.91 Å². The lowest BCUT2D eigenvalue weighted by molar-refractivity contribution is 0.0706. The highest BCUT2D eigenvalue weighted by molar-refractivity contribution is 5.93. The number of amides is 1. The van der Waals surface area contributed by atoms with Gasteiger partial charge in [0.05, 0.1) is 0 Å². The number of benzene rings is 1. The quantitative estimate of drug-likeness (QED) is 0.529. The Balaban J connectivity index is 2.06. The molecule has 0 aliphatic carbocycles. The van der Waals surface area contributed by atoms with Crippen LogP contribution >= 0.6 is 0 Å². The average Bonchev–Trinajstić information content (AvgIpc) is 2.67. The molecule has 0 spiro atoms. The van der Waals surface area contributed by atoms with Gasteiger partial charge in [0.1, 0.15) is 0 Å². The van der Waals surface area contributed by atoms with Crippen molar-refractivity contribution in [2.24, 2.45) is 0 Å². The van der Waals surface area contributed by atoms with E-state index >= 15 is 0 Å². The molecule has 2 rings (SSSR count). The summed E-state index contributed by atoms with van der Waals surface area (Å²) in [6, 6.07) is 11.8. The molecule has 5 heteroatoms. The van der Waals surface area contributed by atoms with Crippen LogP contribution in [0, 0.1) is 0 Å². The van der Waals surface area contributed by atoms with Gasteiger partial charge in [-0.1, -0.05) is 32.0 Å². The topological polar surface area (TPSA) is 65.5 Å². The van der Waals surface area contributed by atoms with E-state index in [1.54, 1.807) is 17.6 Å². The van der Waals surface area contributed by atoms with Crippen molar-refractivity contribution in [2.45, 2.75) is 64.5 Å². The first kappa shape index (κ1) is 22.1. The van der Waals surface area contributed by atoms with Crippen LogP contribution in [-0.2, 0) is 11.8 Å². The number of pyridine rings is 1. The average molecular weight is 384 g/mol. The van der Waals surface area contributed by atoms with E-state index in [2.05, 4.69) is 57.6 Å². The number of nitrogens with zero attached hydrogens (tertiary/aromatic N) is 2. The van der Waals surface area contributed by atoms with Crippen molar-refractivity contribution in [1.29, 1.82) is 0 Å². The number of likely N-dealkylation sites (N-methyl/N-ethyl adjacent to an activating group) is 1. The maximum Gasteiger partial charge on any atom is 0.274 e. The number of carbonyl (C=O) groups excluding carboxylic acids is 1. The largest absolute Gasteiger partial charge is 0.298 e. The van der Waals surface area contributed by atoms with E-state index in [-0.39, 0.29) is 11.0 Å². The van der Waals surface area contributed by atoms with Crippen molar-refractivity contribution in [3.05, 3.63) is 65.5 Å². The summed E-state index contributed by atoms with van der Waals surface area (Å²) < 4.78 is 0. The minimum Gasteiger partial charge on any atom is -0.298 e. The summed E-state index contributed by atoms with van der Waals surface area (Å²) in [5.74, 6) is -0.490. The Hall–Kier alpha value is -2.24. The van der Waals surface area contributed by atoms with Crippen molar-refractivity contribution in [1.82, 2.24) is 15.4 Å². The first-order valence-corrected chi connectivity index (χ1v) is 9.73. The minimum absolute atomic E-state index is 0.00449. The van der Waals surface area contributed by atoms with E-state index < -0.39 is 5.91 Å². The molecule has 0 saturated carbocycles. The Morgan fingerprint density at radius 2 is 1.82 bits per heavy atom. The van der Waals surface area contributed by atoms with Crippen LogP contribution in [-0.4, -0.2) is 39.6 Å². The molecule has 0 aliphatic heterocycles. The Morgan fingerprint density at radius 3 is 2.36 bits per heavy atom. The lowest BCUT2D eigenvalue weighted by Gasteiger charge is -2.44. The number of rotatable bonds is 8. The second-order valence-corrected chi connectivity index (χ2v) is 8.92. The lowest BCUT2D eigenvalue weighted by Crippen LogP contribution is -2.50. The monoisotopic (exact) mass is 383 g/mol. The Bertz CT molecular complexity index is 770. The summed E-state index contributed by atoms with van der Waals surface area (Å²) in [5, 5.41) is 8.73. The van der Waals surface area contributed by atoms with Gasteiger partial charge in [-0.15, -0.1) is 0 Å². The minimum atomic E-state index is -0.490. The summed E-state index contributed by atoms with van der Waals surface area (Å²) in [4.78, 5) is 18.2. The molecule has 28 heavy (non-hydrogen) atoms. The van der Waals surface area contributed by atoms with Crippen LogP contribution in [0.15, 0.2) is 48.8 Å². The molecule has 1 atom stereocenters. The molecule has 1 heterocycles. The number of carbonyl (C=O) groups is 1. The molecule has 2 N–H and O–H groups in total. The molecule has 2 aromatic rings. The van der Waals surface area contributed by atoms with Crippen LogP contribution in [0.5, 0.6) is 0 Å². The molecular formula is C23H33N3O2. The first-order valence-electron chi connectivity index (χ1n) is 9.73. The molecule has 0 fully saturated rings. The smallest absolute Gasteiger partial charge is 0.274 e. The standard InChI is InChI=1S/C23H33N3O2/c1-17(14-18-9-11-19(12-10-18)21(27)25-28)26(6)23(4,5)16-22(2,3)20-8-7-13-24-15-20/h7-13,15,17,28H,14,16H2,1-6H3,(H,25,27). The molecule has 0 radical (unpaired) electrons. The van der Waals surface area contributed by atoms with Gasteiger partial charge >= 0.3 is 0 Å². The van der Waals surface area contributed by atoms with Crippen molar-refractivity contribution in [2.75, 3.05) is 7.05 Å². The molecule has 1 amide bonds. The van der Waals surface area contributed by atoms with E-state index in [0.29, 0.717) is 11.6 Å². The Kier molecular flexibility index (Phi) is 6.96. The van der Waals surface area contributed by atoms with Gasteiger partial charge in [-0.2, -0.15) is 0 Å². The van der Waals surface area contributed by atoms with Gasteiger partial charge in [0.25, 0.3) is 5.91 Å². The summed E-state index contributed by atoms with van der Waals surface area (Å²) in [6.07, 6.45) is 5.66. The molecule has 0 saturated heterocycles. The van der Waals surface area contributed by atoms with Crippen LogP contribution in [0.2, 0.25) is 0 Å². The molecular weight excluding hydrogens is 350 g/mol. The zero-order valence-corrected chi connectivity index (χ0v) is 17.9. The summed E-state index contributed by atoms with van der Waals surface area (Å²) in [7, 11) is 2.18. The second kappa shape index (κ2) is 8.84. The van der Waals surface area contributed by atoms with Crippen LogP contribution in [0.4, 0.5) is 0 Å². The summed E-state index contributed by atoms with van der Waals surface area (Å²) in [5.41, 5.74) is 4.54. The van der Waals surface area contributed by atoms with E-state index in [4.69, 9.17) is 5.21 Å². The maximum atomic E-state index is 11.5. The Morgan fingerprint density at radius 1 is 1.18 bits per heavy atom. The summed E-state index contributed by atoms with van der Waals surface area (Å²) >= 11 is 0. The zero-order chi connectivity index (χ0) is 20.9. The van der Waals surface area contributed by atoms with Crippen molar-refractivity contribution in [3.8, 4) is 0 Å². The predicted molar refractivity (Wildman–Crippen MR) is 113 cm³/mol. The number of aromatic nitrogens is 1. The fourth-order valence-corrected chi connectivity index (χ4v) is 4.00. The molecule has 1 unspecified atom stereocenters. The predicted octanol–water partition coefficient (Wildman–Crippen LogP) is 4.21. The van der Waals surface area contributed by atoms with Crippen molar-refractivity contribution < 1.29 is 10.0 Å². The molecule has 152 valence electrons. The zero-order valence-electron chi connectivity index (χ0n) is 17.9. The number of nitrogens with one attached hydrogen (secondary N) is 1. The van der Waals surface area contributed by atoms with E-state index in [1.165, 1.54) is 5.56 Å².